The van der Waals surface area contributed by atoms with Crippen LogP contribution in [0.25, 0.3) is 0 Å². The first kappa shape index (κ1) is 9.63. The van der Waals surface area contributed by atoms with Crippen LogP contribution < -0.4 is 0 Å². The second-order valence-electron chi connectivity index (χ2n) is 2.31. The maximum absolute atomic E-state index is 10.6. The Labute approximate surface area is 81.5 Å². The number of halogens is 1. The van der Waals surface area contributed by atoms with Crippen molar-refractivity contribution in [1.82, 2.24) is 0 Å². The first-order valence-corrected chi connectivity index (χ1v) is 3.98. The van der Waals surface area contributed by atoms with Crippen molar-refractivity contribution in [2.75, 3.05) is 0 Å². The van der Waals surface area contributed by atoms with Crippen LogP contribution in [0, 0.1) is 12.3 Å². The average molecular weight is 195 g/mol. The molecular formula is C10H7ClO2. The van der Waals surface area contributed by atoms with Crippen LogP contribution in [0.2, 0.25) is 5.02 Å². The van der Waals surface area contributed by atoms with E-state index in [0.717, 1.165) is 5.56 Å². The summed E-state index contributed by atoms with van der Waals surface area (Å²) in [6.07, 6.45) is 4.82. The zero-order valence-electron chi connectivity index (χ0n) is 6.79. The fraction of sp³-hybridized carbons (Fsp3) is 0.100. The molecule has 0 heterocycles. The van der Waals surface area contributed by atoms with Crippen LogP contribution in [0.4, 0.5) is 0 Å². The Balaban J connectivity index is 2.61. The molecule has 0 unspecified atom stereocenters. The van der Waals surface area contributed by atoms with Crippen LogP contribution in [0.15, 0.2) is 24.3 Å². The Bertz CT molecular complexity index is 352. The molecule has 1 rings (SSSR count). The summed E-state index contributed by atoms with van der Waals surface area (Å²) in [6.45, 7) is 0.114. The van der Waals surface area contributed by atoms with Gasteiger partial charge >= 0.3 is 5.97 Å². The molecule has 0 radical (unpaired) electrons. The van der Waals surface area contributed by atoms with Crippen LogP contribution in [0.5, 0.6) is 0 Å². The largest absolute Gasteiger partial charge is 0.451 e. The summed E-state index contributed by atoms with van der Waals surface area (Å²) in [6, 6.07) is 7.10. The van der Waals surface area contributed by atoms with E-state index in [-0.39, 0.29) is 6.61 Å². The van der Waals surface area contributed by atoms with E-state index in [4.69, 9.17) is 22.8 Å². The third-order valence-corrected chi connectivity index (χ3v) is 1.80. The summed E-state index contributed by atoms with van der Waals surface area (Å²) >= 11 is 5.81. The third-order valence-electron chi connectivity index (χ3n) is 1.43. The van der Waals surface area contributed by atoms with Gasteiger partial charge in [-0.05, 0) is 6.07 Å². The highest BCUT2D eigenvalue weighted by Gasteiger charge is 2.01. The normalized spacial score (nSPS) is 8.92. The highest BCUT2D eigenvalue weighted by Crippen LogP contribution is 2.15. The highest BCUT2D eigenvalue weighted by molar-refractivity contribution is 6.31. The lowest BCUT2D eigenvalue weighted by Crippen LogP contribution is -2.00. The van der Waals surface area contributed by atoms with E-state index in [1.165, 1.54) is 0 Å². The van der Waals surface area contributed by atoms with Crippen molar-refractivity contribution >= 4 is 17.6 Å². The number of hydrogen-bond donors (Lipinski definition) is 0. The minimum atomic E-state index is -0.681. The van der Waals surface area contributed by atoms with Crippen molar-refractivity contribution in [2.24, 2.45) is 0 Å². The second kappa shape index (κ2) is 4.54. The molecule has 0 aliphatic heterocycles. The number of ether oxygens (including phenoxy) is 1. The third kappa shape index (κ3) is 2.81. The van der Waals surface area contributed by atoms with E-state index in [2.05, 4.69) is 0 Å². The van der Waals surface area contributed by atoms with Crippen molar-refractivity contribution in [3.05, 3.63) is 34.9 Å². The molecule has 13 heavy (non-hydrogen) atoms. The first-order valence-electron chi connectivity index (χ1n) is 3.61. The van der Waals surface area contributed by atoms with Gasteiger partial charge in [-0.1, -0.05) is 29.8 Å². The van der Waals surface area contributed by atoms with Gasteiger partial charge in [0.15, 0.2) is 0 Å². The Morgan fingerprint density at radius 3 is 2.85 bits per heavy atom. The molecule has 0 aliphatic rings. The van der Waals surface area contributed by atoms with Crippen molar-refractivity contribution < 1.29 is 9.53 Å². The van der Waals surface area contributed by atoms with Gasteiger partial charge in [0.1, 0.15) is 6.61 Å². The molecule has 0 saturated heterocycles. The predicted molar refractivity (Wildman–Crippen MR) is 50.1 cm³/mol. The van der Waals surface area contributed by atoms with Gasteiger partial charge in [0.25, 0.3) is 0 Å². The molecule has 0 fully saturated rings. The Morgan fingerprint density at radius 2 is 2.23 bits per heavy atom. The van der Waals surface area contributed by atoms with Crippen LogP contribution >= 0.6 is 11.6 Å². The number of terminal acetylenes is 1. The van der Waals surface area contributed by atoms with Gasteiger partial charge < -0.3 is 4.74 Å². The van der Waals surface area contributed by atoms with Gasteiger partial charge in [0.05, 0.1) is 0 Å². The number of hydrogen-bond acceptors (Lipinski definition) is 2. The average Bonchev–Trinajstić information content (AvgIpc) is 2.16. The summed E-state index contributed by atoms with van der Waals surface area (Å²) in [4.78, 5) is 10.6. The number of rotatable bonds is 2. The van der Waals surface area contributed by atoms with E-state index in [1.54, 1.807) is 18.2 Å². The molecule has 0 bridgehead atoms. The van der Waals surface area contributed by atoms with Crippen LogP contribution in [0.1, 0.15) is 5.56 Å². The van der Waals surface area contributed by atoms with Crippen molar-refractivity contribution in [1.29, 1.82) is 0 Å². The molecule has 1 aromatic carbocycles. The van der Waals surface area contributed by atoms with Crippen molar-refractivity contribution in [3.8, 4) is 12.3 Å². The molecule has 0 aromatic heterocycles. The molecule has 0 amide bonds. The lowest BCUT2D eigenvalue weighted by molar-refractivity contribution is -0.137. The standard InChI is InChI=1S/C10H7ClO2/c1-2-10(12)13-7-8-5-3-4-6-9(8)11/h1,3-6H,7H2. The lowest BCUT2D eigenvalue weighted by Gasteiger charge is -2.02. The van der Waals surface area contributed by atoms with E-state index in [9.17, 15) is 4.79 Å². The minimum Gasteiger partial charge on any atom is -0.451 e. The SMILES string of the molecule is C#CC(=O)OCc1ccccc1Cl. The molecule has 0 spiro atoms. The predicted octanol–water partition coefficient (Wildman–Crippen LogP) is 2.02. The van der Waals surface area contributed by atoms with Gasteiger partial charge in [-0.2, -0.15) is 0 Å². The topological polar surface area (TPSA) is 26.3 Å². The number of esters is 1. The summed E-state index contributed by atoms with van der Waals surface area (Å²) < 4.78 is 4.70. The highest BCUT2D eigenvalue weighted by atomic mass is 35.5. The summed E-state index contributed by atoms with van der Waals surface area (Å²) in [7, 11) is 0. The molecule has 1 aromatic rings. The Kier molecular flexibility index (Phi) is 3.36. The molecule has 0 aliphatic carbocycles. The van der Waals surface area contributed by atoms with Gasteiger partial charge in [-0.15, -0.1) is 6.42 Å². The fourth-order valence-corrected chi connectivity index (χ4v) is 0.991. The molecule has 0 N–H and O–H groups in total. The van der Waals surface area contributed by atoms with Crippen LogP contribution in [-0.2, 0) is 16.1 Å². The van der Waals surface area contributed by atoms with E-state index < -0.39 is 5.97 Å². The first-order chi connectivity index (χ1) is 6.24. The summed E-state index contributed by atoms with van der Waals surface area (Å²) in [5.41, 5.74) is 0.743. The smallest absolute Gasteiger partial charge is 0.384 e. The monoisotopic (exact) mass is 194 g/mol. The molecular weight excluding hydrogens is 188 g/mol. The van der Waals surface area contributed by atoms with Crippen molar-refractivity contribution in [3.63, 3.8) is 0 Å². The quantitative estimate of drug-likeness (QED) is 0.409. The van der Waals surface area contributed by atoms with Gasteiger partial charge in [0, 0.05) is 16.5 Å². The maximum Gasteiger partial charge on any atom is 0.384 e. The van der Waals surface area contributed by atoms with Gasteiger partial charge in [-0.25, -0.2) is 4.79 Å². The maximum atomic E-state index is 10.6. The fourth-order valence-electron chi connectivity index (χ4n) is 0.800. The Morgan fingerprint density at radius 1 is 1.54 bits per heavy atom. The Hall–Kier alpha value is -1.46. The zero-order valence-corrected chi connectivity index (χ0v) is 7.54. The minimum absolute atomic E-state index is 0.114. The number of carbonyl (C=O) groups excluding carboxylic acids is 1. The molecule has 0 saturated carbocycles. The van der Waals surface area contributed by atoms with Crippen molar-refractivity contribution in [2.45, 2.75) is 6.61 Å². The van der Waals surface area contributed by atoms with E-state index >= 15 is 0 Å². The molecule has 66 valence electrons. The second-order valence-corrected chi connectivity index (χ2v) is 2.72. The van der Waals surface area contributed by atoms with Gasteiger partial charge in [-0.3, -0.25) is 0 Å². The lowest BCUT2D eigenvalue weighted by atomic mass is 10.2. The molecule has 0 atom stereocenters. The molecule has 2 nitrogen and oxygen atoms in total. The van der Waals surface area contributed by atoms with E-state index in [0.29, 0.717) is 5.02 Å². The summed E-state index contributed by atoms with van der Waals surface area (Å²) in [5, 5.41) is 0.562. The van der Waals surface area contributed by atoms with Crippen LogP contribution in [0.3, 0.4) is 0 Å². The molecule has 3 heteroatoms. The van der Waals surface area contributed by atoms with E-state index in [1.807, 2.05) is 12.0 Å². The number of benzene rings is 1. The van der Waals surface area contributed by atoms with Gasteiger partial charge in [0.2, 0.25) is 0 Å². The summed E-state index contributed by atoms with van der Waals surface area (Å²) in [5.74, 6) is 1.17. The van der Waals surface area contributed by atoms with Crippen LogP contribution in [-0.4, -0.2) is 5.97 Å². The number of carbonyl (C=O) groups is 1. The zero-order chi connectivity index (χ0) is 9.68.